The van der Waals surface area contributed by atoms with Gasteiger partial charge in [-0.1, -0.05) is 54.7 Å². The van der Waals surface area contributed by atoms with Crippen LogP contribution in [0.25, 0.3) is 11.5 Å². The Morgan fingerprint density at radius 1 is 0.655 bits per heavy atom. The number of carbonyl (C=O) groups excluding carboxylic acids is 6. The quantitative estimate of drug-likeness (QED) is 0.00841. The van der Waals surface area contributed by atoms with E-state index >= 15 is 0 Å². The maximum absolute atomic E-state index is 11.6. The Morgan fingerprint density at radius 2 is 1.01 bits per heavy atom. The van der Waals surface area contributed by atoms with Gasteiger partial charge < -0.3 is 112 Å². The number of nitrogens with one attached hydrogen (secondary N) is 1. The molecule has 1 amide bonds. The fourth-order valence-corrected chi connectivity index (χ4v) is 8.55. The van der Waals surface area contributed by atoms with Crippen molar-refractivity contribution in [1.29, 1.82) is 0 Å². The van der Waals surface area contributed by atoms with E-state index in [2.05, 4.69) is 65.7 Å². The maximum atomic E-state index is 11.6. The van der Waals surface area contributed by atoms with Gasteiger partial charge in [-0.3, -0.25) is 24.0 Å². The molecule has 31 nitrogen and oxygen atoms in total. The summed E-state index contributed by atoms with van der Waals surface area (Å²) in [6.45, 7) is 41.6. The van der Waals surface area contributed by atoms with E-state index in [-0.39, 0.29) is 232 Å². The number of alkyl halides is 1. The predicted molar refractivity (Wildman–Crippen MR) is 416 cm³/mol. The molecular weight excluding hydrogens is 1630 g/mol. The van der Waals surface area contributed by atoms with E-state index in [0.29, 0.717) is 107 Å². The molecule has 37 heteroatoms. The summed E-state index contributed by atoms with van der Waals surface area (Å²) in [7, 11) is 3.12. The van der Waals surface area contributed by atoms with Crippen LogP contribution in [0.15, 0.2) is 61.3 Å². The number of terminal acetylenes is 1. The van der Waals surface area contributed by atoms with Gasteiger partial charge in [-0.05, 0) is 167 Å². The van der Waals surface area contributed by atoms with Crippen LogP contribution < -0.4 is 83.8 Å². The molecule has 5 saturated heterocycles. The van der Waals surface area contributed by atoms with Crippen LogP contribution in [0.5, 0.6) is 0 Å². The third kappa shape index (κ3) is 82.4. The number of hydrogen-bond donors (Lipinski definition) is 6. The van der Waals surface area contributed by atoms with Gasteiger partial charge in [0.05, 0.1) is 163 Å². The molecule has 0 aromatic heterocycles. The molecule has 0 aromatic rings. The van der Waals surface area contributed by atoms with E-state index in [0.717, 1.165) is 83.3 Å². The van der Waals surface area contributed by atoms with Crippen molar-refractivity contribution in [3.05, 3.63) is 72.7 Å². The van der Waals surface area contributed by atoms with Gasteiger partial charge in [0.2, 0.25) is 0 Å². The SMILES string of the molecule is C.C#C.C=C(CBr)C(=O)OCC.C=CCC(C)O.C=CCC(C)OCC(=C)C(=O)OCC.CC1CCC(C(=O)O)CO1.CCOC(=O)C1=CCC(C)OC1.CCOC(=O)C1CCC(C)OC1.CON(C)C(=O)[C@@H]1CC[C@@H](C)OC1.C[C@@H]1CC[C@@H](C(=O)O)CO1.C[C@@H]1CC[C@@H](C=O)CO1.N[N-]O.O.O.[AlH3].[H-].[Li+].[NH-]O.[Na+].[Na+].[Pd]. The normalized spacial score (nSPS) is 21.4. The number of amides is 1. The zero-order chi connectivity index (χ0) is 79.6. The van der Waals surface area contributed by atoms with E-state index in [9.17, 15) is 38.4 Å². The van der Waals surface area contributed by atoms with E-state index in [1.165, 1.54) is 12.2 Å². The van der Waals surface area contributed by atoms with Gasteiger partial charge in [0.25, 0.3) is 5.91 Å². The first-order chi connectivity index (χ1) is 48.4. The number of hydrogen-bond acceptors (Lipinski definition) is 24. The van der Waals surface area contributed by atoms with Crippen LogP contribution in [0.3, 0.4) is 0 Å². The third-order valence-corrected chi connectivity index (χ3v) is 15.3. The van der Waals surface area contributed by atoms with Crippen LogP contribution in [0.2, 0.25) is 0 Å². The Bertz CT molecular complexity index is 2280. The number of carbonyl (C=O) groups is 8. The molecule has 0 aromatic carbocycles. The fraction of sp³-hybridized carbons (Fsp3) is 0.726. The van der Waals surface area contributed by atoms with E-state index in [4.69, 9.17) is 83.8 Å². The Morgan fingerprint density at radius 3 is 1.28 bits per heavy atom. The molecule has 13 atom stereocenters. The van der Waals surface area contributed by atoms with Crippen LogP contribution in [-0.2, 0) is 116 Å². The van der Waals surface area contributed by atoms with Crippen LogP contribution >= 0.6 is 15.9 Å². The van der Waals surface area contributed by atoms with Gasteiger partial charge in [0.1, 0.15) is 6.29 Å². The van der Waals surface area contributed by atoms with Gasteiger partial charge in [0, 0.05) is 44.3 Å². The molecule has 0 spiro atoms. The first-order valence-electron chi connectivity index (χ1n) is 34.2. The molecule has 0 bridgehead atoms. The molecule has 0 aliphatic carbocycles. The minimum Gasteiger partial charge on any atom is -1.00 e. The van der Waals surface area contributed by atoms with Crippen LogP contribution in [0.1, 0.15) is 175 Å². The molecule has 110 heavy (non-hydrogen) atoms. The van der Waals surface area contributed by atoms with Gasteiger partial charge in [0.15, 0.2) is 17.4 Å². The average Bonchev–Trinajstić information content (AvgIpc) is 1.54. The van der Waals surface area contributed by atoms with Gasteiger partial charge in [-0.15, -0.1) is 26.0 Å². The van der Waals surface area contributed by atoms with Crippen LogP contribution in [-0.4, -0.2) is 248 Å². The Hall–Kier alpha value is -2.15. The molecule has 6 heterocycles. The van der Waals surface area contributed by atoms with Crippen LogP contribution in [0, 0.1) is 42.4 Å². The predicted octanol–water partition coefficient (Wildman–Crippen LogP) is -0.00100. The van der Waals surface area contributed by atoms with Crippen molar-refractivity contribution in [1.82, 2.24) is 5.06 Å². The first-order valence-corrected chi connectivity index (χ1v) is 35.3. The van der Waals surface area contributed by atoms with Gasteiger partial charge >= 0.3 is 114 Å². The zero-order valence-electron chi connectivity index (χ0n) is 68.5. The van der Waals surface area contributed by atoms with E-state index in [1.807, 2.05) is 67.1 Å². The smallest absolute Gasteiger partial charge is 1.00 e. The number of nitrogens with zero attached hydrogens (tertiary/aromatic N) is 2. The van der Waals surface area contributed by atoms with Crippen molar-refractivity contribution in [3.63, 3.8) is 0 Å². The number of aliphatic carboxylic acids is 2. The largest absolute Gasteiger partial charge is 1.00 e. The second-order valence-corrected chi connectivity index (χ2v) is 24.0. The number of ether oxygens (including phenoxy) is 11. The third-order valence-electron chi connectivity index (χ3n) is 14.6. The molecule has 6 rings (SSSR count). The van der Waals surface area contributed by atoms with E-state index < -0.39 is 17.9 Å². The van der Waals surface area contributed by atoms with Gasteiger partial charge in [-0.2, -0.15) is 0 Å². The molecule has 6 aliphatic heterocycles. The first kappa shape index (κ1) is 140. The minimum atomic E-state index is -0.730. The second kappa shape index (κ2) is 95.7. The number of hydroxylamine groups is 2. The topological polar surface area (TPSA) is 479 Å². The molecule has 0 saturated carbocycles. The summed E-state index contributed by atoms with van der Waals surface area (Å²) in [4.78, 5) is 91.4. The fourth-order valence-electron chi connectivity index (χ4n) is 8.32. The van der Waals surface area contributed by atoms with E-state index in [1.54, 1.807) is 46.9 Å². The zero-order valence-corrected chi connectivity index (χ0v) is 74.7. The van der Waals surface area contributed by atoms with Crippen molar-refractivity contribution in [3.8, 4) is 12.8 Å². The summed E-state index contributed by atoms with van der Waals surface area (Å²) in [5, 5.41) is 40.5. The number of rotatable bonds is 21. The Kier molecular flexibility index (Phi) is 122. The van der Waals surface area contributed by atoms with Crippen molar-refractivity contribution in [2.75, 3.05) is 92.2 Å². The number of aliphatic hydroxyl groups is 1. The molecule has 636 valence electrons. The maximum Gasteiger partial charge on any atom is 1.00 e. The summed E-state index contributed by atoms with van der Waals surface area (Å²) in [6, 6.07) is 0. The summed E-state index contributed by atoms with van der Waals surface area (Å²) in [5.74, 6) is 5.84. The Labute approximate surface area is 747 Å². The number of aldehydes is 1. The molecule has 0 radical (unpaired) electrons. The molecule has 12 N–H and O–H groups in total. The standard InChI is InChI=1S/C11H18O3.C9H17NO3.C9H16O3.C9H14O3.2C7H12O3.C7H12O2.C6H9BrO2.C5H10O.C2H2.CH4.Al.Li.H3N2O.H2NO.2Na.2H2O.Pd.4H/c1-5-7-10(4)14-8-9(3)11(12)13-6-2;1-7-4-5-8(6-13-7)9(11)10(2)12-3;2*1-3-11-9(10)8-5-4-7(2)12-6-8;2*1-5-2-3-6(4-10-5)7(8)9;1-6-2-3-7(4-8)5-9-6;1-3-9-6(8)5(2)4-7;1-3-4-5(2)6;1-2;;;;1-2-3;1-2;;;;;;;;;/h5,10H,1,3,6-8H2,2,4H3;7-8H,4-6H2,1-3H3;7-8H,3-6H2,1-2H3;5,7H,3-4,6H2,1-2H3;2*5-6H,2-4H2,1H3,(H,8,9);4,6-7H,2-3,5H2,1H3;2-4H2,1H3;3,5-6H,1,4H2,2H3;1-2H;1H4;;;3H,1H2;1-2H;;;2*1H2;;;;;/q;;;;;;;;;;;;+1;2*-1;2*+1;;;;;;;-1/t;7-,8-;;;5-,6-;;6-,7+;;;;;;;;;;;;;;;;;/m.1..1.1................./s1. The summed E-state index contributed by atoms with van der Waals surface area (Å²) >= 11 is 3.08. The number of aliphatic hydroxyl groups excluding tert-OH is 1. The minimum absolute atomic E-state index is 0. The Balaban J connectivity index is -0.0000000708. The number of carboxylic acids is 2. The number of carboxylic acid groups (broad SMARTS) is 2. The molecule has 5 fully saturated rings. The summed E-state index contributed by atoms with van der Waals surface area (Å²) in [5.41, 5.74) is 3.45. The molecule has 6 aliphatic rings. The molecule has 7 unspecified atom stereocenters. The van der Waals surface area contributed by atoms with Crippen LogP contribution in [0.4, 0.5) is 0 Å². The second-order valence-electron chi connectivity index (χ2n) is 23.5. The monoisotopic (exact) mass is 1770 g/mol. The van der Waals surface area contributed by atoms with Crippen molar-refractivity contribution in [2.24, 2.45) is 35.4 Å². The number of halogens is 1. The average molecular weight is 1770 g/mol. The van der Waals surface area contributed by atoms with Crippen molar-refractivity contribution in [2.45, 2.75) is 223 Å². The van der Waals surface area contributed by atoms with Crippen molar-refractivity contribution < 1.29 is 232 Å². The number of nitrogens with two attached hydrogens (primary N) is 1. The van der Waals surface area contributed by atoms with Crippen molar-refractivity contribution >= 4 is 81.3 Å². The summed E-state index contributed by atoms with van der Waals surface area (Å²) < 4.78 is 56.1. The molecular formula is C73H139AlBrLiN4Na2O27Pd. The van der Waals surface area contributed by atoms with Gasteiger partial charge in [-0.25, -0.2) is 19.4 Å². The summed E-state index contributed by atoms with van der Waals surface area (Å²) in [6.07, 6.45) is 27.1. The number of esters is 4.